The fourth-order valence-electron chi connectivity index (χ4n) is 1.72. The minimum Gasteiger partial charge on any atom is -0.506 e. The molecule has 10 heteroatoms. The topological polar surface area (TPSA) is 130 Å². The second kappa shape index (κ2) is 5.56. The van der Waals surface area contributed by atoms with Gasteiger partial charge in [-0.05, 0) is 22.0 Å². The molecule has 22 heavy (non-hydrogen) atoms. The van der Waals surface area contributed by atoms with Crippen LogP contribution in [0, 0.1) is 10.1 Å². The second-order valence-electron chi connectivity index (χ2n) is 4.30. The number of nitro groups is 1. The molecule has 0 aliphatic carbocycles. The van der Waals surface area contributed by atoms with Gasteiger partial charge < -0.3 is 5.11 Å². The lowest BCUT2D eigenvalue weighted by Gasteiger charge is -2.22. The summed E-state index contributed by atoms with van der Waals surface area (Å²) in [6.07, 6.45) is 0.980. The Morgan fingerprint density at radius 2 is 2.00 bits per heavy atom. The van der Waals surface area contributed by atoms with Gasteiger partial charge in [0.15, 0.2) is 0 Å². The van der Waals surface area contributed by atoms with Crippen LogP contribution < -0.4 is 5.32 Å². The number of urea groups is 1. The molecule has 1 aromatic carbocycles. The van der Waals surface area contributed by atoms with Crippen LogP contribution in [0.4, 0.5) is 10.5 Å². The molecular weight excluding hydrogens is 362 g/mol. The van der Waals surface area contributed by atoms with Crippen LogP contribution in [0.3, 0.4) is 0 Å². The van der Waals surface area contributed by atoms with Crippen LogP contribution in [0.5, 0.6) is 5.75 Å². The summed E-state index contributed by atoms with van der Waals surface area (Å²) in [6, 6.07) is 1.21. The number of benzene rings is 1. The molecule has 0 radical (unpaired) electrons. The van der Waals surface area contributed by atoms with E-state index >= 15 is 0 Å². The molecule has 2 N–H and O–H groups in total. The molecule has 1 aliphatic heterocycles. The first kappa shape index (κ1) is 15.6. The van der Waals surface area contributed by atoms with E-state index in [4.69, 9.17) is 0 Å². The number of barbiturate groups is 1. The van der Waals surface area contributed by atoms with Crippen molar-refractivity contribution in [3.05, 3.63) is 37.9 Å². The molecule has 1 saturated heterocycles. The summed E-state index contributed by atoms with van der Waals surface area (Å²) in [7, 11) is 1.17. The molecule has 1 fully saturated rings. The van der Waals surface area contributed by atoms with Crippen LogP contribution in [-0.4, -0.2) is 39.8 Å². The predicted octanol–water partition coefficient (Wildman–Crippen LogP) is 1.15. The summed E-state index contributed by atoms with van der Waals surface area (Å²) in [5, 5.41) is 22.6. The number of nitro benzene ring substituents is 1. The Balaban J connectivity index is 2.57. The van der Waals surface area contributed by atoms with Gasteiger partial charge in [-0.1, -0.05) is 0 Å². The van der Waals surface area contributed by atoms with Gasteiger partial charge in [-0.2, -0.15) is 0 Å². The van der Waals surface area contributed by atoms with E-state index in [1.54, 1.807) is 0 Å². The number of hydrogen-bond acceptors (Lipinski definition) is 6. The Bertz CT molecular complexity index is 757. The highest BCUT2D eigenvalue weighted by molar-refractivity contribution is 9.10. The number of imide groups is 2. The summed E-state index contributed by atoms with van der Waals surface area (Å²) in [6.45, 7) is 0. The third-order valence-electron chi connectivity index (χ3n) is 2.89. The van der Waals surface area contributed by atoms with E-state index in [1.807, 2.05) is 5.32 Å². The third kappa shape index (κ3) is 2.68. The van der Waals surface area contributed by atoms with Crippen molar-refractivity contribution in [2.24, 2.45) is 0 Å². The number of nitrogens with one attached hydrogen (secondary N) is 1. The number of phenols is 1. The Labute approximate surface area is 131 Å². The minimum atomic E-state index is -0.949. The van der Waals surface area contributed by atoms with E-state index in [2.05, 4.69) is 15.9 Å². The number of phenolic OH excluding ortho intramolecular Hbond substituents is 1. The minimum absolute atomic E-state index is 0.0293. The summed E-state index contributed by atoms with van der Waals surface area (Å²) in [4.78, 5) is 45.7. The molecular formula is C12H8BrN3O6. The van der Waals surface area contributed by atoms with Crippen LogP contribution in [0.2, 0.25) is 0 Å². The fraction of sp³-hybridized carbons (Fsp3) is 0.0833. The average Bonchev–Trinajstić information content (AvgIpc) is 2.45. The smallest absolute Gasteiger partial charge is 0.331 e. The zero-order valence-corrected chi connectivity index (χ0v) is 12.6. The molecule has 4 amide bonds. The second-order valence-corrected chi connectivity index (χ2v) is 5.16. The Morgan fingerprint density at radius 3 is 2.59 bits per heavy atom. The molecule has 1 heterocycles. The zero-order chi connectivity index (χ0) is 16.6. The SMILES string of the molecule is CN1C(=O)NC(=O)/C(=C/c2cc([N+](=O)[O-])cc(Br)c2O)C1=O. The number of aromatic hydroxyl groups is 1. The number of hydrogen-bond donors (Lipinski definition) is 2. The number of rotatable bonds is 2. The van der Waals surface area contributed by atoms with Crippen molar-refractivity contribution in [2.75, 3.05) is 7.05 Å². The highest BCUT2D eigenvalue weighted by atomic mass is 79.9. The molecule has 0 saturated carbocycles. The van der Waals surface area contributed by atoms with Crippen molar-refractivity contribution < 1.29 is 24.4 Å². The van der Waals surface area contributed by atoms with Gasteiger partial charge in [-0.3, -0.25) is 29.9 Å². The number of non-ortho nitro benzene ring substituents is 1. The van der Waals surface area contributed by atoms with Crippen molar-refractivity contribution in [3.63, 3.8) is 0 Å². The van der Waals surface area contributed by atoms with Gasteiger partial charge in [0.1, 0.15) is 11.3 Å². The molecule has 0 atom stereocenters. The molecule has 0 aromatic heterocycles. The van der Waals surface area contributed by atoms with E-state index in [1.165, 1.54) is 7.05 Å². The fourth-order valence-corrected chi connectivity index (χ4v) is 2.19. The highest BCUT2D eigenvalue weighted by Gasteiger charge is 2.33. The summed E-state index contributed by atoms with van der Waals surface area (Å²) < 4.78 is 0.0293. The molecule has 0 unspecified atom stereocenters. The lowest BCUT2D eigenvalue weighted by atomic mass is 10.1. The summed E-state index contributed by atoms with van der Waals surface area (Å²) in [5.74, 6) is -2.20. The number of likely N-dealkylation sites (N-methyl/N-ethyl adjacent to an activating group) is 1. The maximum Gasteiger partial charge on any atom is 0.331 e. The monoisotopic (exact) mass is 369 g/mol. The Kier molecular flexibility index (Phi) is 3.95. The van der Waals surface area contributed by atoms with Crippen LogP contribution in [-0.2, 0) is 9.59 Å². The van der Waals surface area contributed by atoms with E-state index in [0.717, 1.165) is 18.2 Å². The first-order valence-corrected chi connectivity index (χ1v) is 6.53. The standard InChI is InChI=1S/C12H8BrN3O6/c1-15-11(19)7(10(18)14-12(15)20)3-5-2-6(16(21)22)4-8(13)9(5)17/h2-4,17H,1H3,(H,14,18,20)/b7-3-. The van der Waals surface area contributed by atoms with E-state index < -0.39 is 28.3 Å². The highest BCUT2D eigenvalue weighted by Crippen LogP contribution is 2.34. The maximum atomic E-state index is 11.9. The first-order valence-electron chi connectivity index (χ1n) is 5.74. The number of amides is 4. The van der Waals surface area contributed by atoms with E-state index in [9.17, 15) is 29.6 Å². The molecule has 1 aromatic rings. The average molecular weight is 370 g/mol. The molecule has 9 nitrogen and oxygen atoms in total. The van der Waals surface area contributed by atoms with E-state index in [0.29, 0.717) is 4.90 Å². The normalized spacial score (nSPS) is 16.9. The number of carbonyl (C=O) groups is 3. The van der Waals surface area contributed by atoms with Crippen molar-refractivity contribution in [2.45, 2.75) is 0 Å². The summed E-state index contributed by atoms with van der Waals surface area (Å²) in [5.41, 5.74) is -0.878. The van der Waals surface area contributed by atoms with Crippen molar-refractivity contribution in [3.8, 4) is 5.75 Å². The van der Waals surface area contributed by atoms with Gasteiger partial charge in [-0.15, -0.1) is 0 Å². The van der Waals surface area contributed by atoms with Crippen molar-refractivity contribution in [1.29, 1.82) is 0 Å². The van der Waals surface area contributed by atoms with Crippen LogP contribution >= 0.6 is 15.9 Å². The largest absolute Gasteiger partial charge is 0.506 e. The zero-order valence-electron chi connectivity index (χ0n) is 11.0. The van der Waals surface area contributed by atoms with E-state index in [-0.39, 0.29) is 21.5 Å². The van der Waals surface area contributed by atoms with Crippen molar-refractivity contribution in [1.82, 2.24) is 10.2 Å². The van der Waals surface area contributed by atoms with Gasteiger partial charge in [0.25, 0.3) is 17.5 Å². The quantitative estimate of drug-likeness (QED) is 0.348. The molecule has 0 bridgehead atoms. The lowest BCUT2D eigenvalue weighted by molar-refractivity contribution is -0.385. The van der Waals surface area contributed by atoms with Gasteiger partial charge in [-0.25, -0.2) is 4.79 Å². The van der Waals surface area contributed by atoms with Gasteiger partial charge in [0.05, 0.1) is 9.40 Å². The van der Waals surface area contributed by atoms with Crippen molar-refractivity contribution >= 4 is 45.5 Å². The van der Waals surface area contributed by atoms with Gasteiger partial charge in [0, 0.05) is 24.7 Å². The molecule has 1 aliphatic rings. The van der Waals surface area contributed by atoms with Crippen LogP contribution in [0.1, 0.15) is 5.56 Å². The summed E-state index contributed by atoms with van der Waals surface area (Å²) >= 11 is 2.95. The number of nitrogens with zero attached hydrogens (tertiary/aromatic N) is 2. The molecule has 2 rings (SSSR count). The van der Waals surface area contributed by atoms with Crippen LogP contribution in [0.25, 0.3) is 6.08 Å². The first-order chi connectivity index (χ1) is 10.2. The van der Waals surface area contributed by atoms with Gasteiger partial charge >= 0.3 is 6.03 Å². The number of halogens is 1. The maximum absolute atomic E-state index is 11.9. The Morgan fingerprint density at radius 1 is 1.36 bits per heavy atom. The Hall–Kier alpha value is -2.75. The van der Waals surface area contributed by atoms with Crippen LogP contribution in [0.15, 0.2) is 22.2 Å². The lowest BCUT2D eigenvalue weighted by Crippen LogP contribution is -2.52. The number of carbonyl (C=O) groups excluding carboxylic acids is 3. The third-order valence-corrected chi connectivity index (χ3v) is 3.50. The van der Waals surface area contributed by atoms with Gasteiger partial charge in [0.2, 0.25) is 0 Å². The molecule has 114 valence electrons. The molecule has 0 spiro atoms. The predicted molar refractivity (Wildman–Crippen MR) is 76.7 cm³/mol.